The van der Waals surface area contributed by atoms with Crippen LogP contribution in [0.1, 0.15) is 36.6 Å². The first-order valence-corrected chi connectivity index (χ1v) is 9.19. The SMILES string of the molecule is O=C(Nc1cccnc1)[C@H]1CCCC[C@@H]1c1nc2ccccc2s1. The Hall–Kier alpha value is -2.27. The highest BCUT2D eigenvalue weighted by molar-refractivity contribution is 7.18. The van der Waals surface area contributed by atoms with Gasteiger partial charge < -0.3 is 5.32 Å². The van der Waals surface area contributed by atoms with E-state index in [0.717, 1.165) is 41.9 Å². The Balaban J connectivity index is 1.59. The van der Waals surface area contributed by atoms with Crippen molar-refractivity contribution in [1.29, 1.82) is 0 Å². The van der Waals surface area contributed by atoms with E-state index in [4.69, 9.17) is 4.98 Å². The number of benzene rings is 1. The maximum Gasteiger partial charge on any atom is 0.228 e. The fourth-order valence-electron chi connectivity index (χ4n) is 3.46. The molecule has 24 heavy (non-hydrogen) atoms. The largest absolute Gasteiger partial charge is 0.324 e. The average molecular weight is 337 g/mol. The van der Waals surface area contributed by atoms with E-state index < -0.39 is 0 Å². The van der Waals surface area contributed by atoms with Crippen LogP contribution in [-0.4, -0.2) is 15.9 Å². The van der Waals surface area contributed by atoms with Crippen LogP contribution < -0.4 is 5.32 Å². The lowest BCUT2D eigenvalue weighted by Crippen LogP contribution is -2.30. The molecule has 4 rings (SSSR count). The molecule has 0 spiro atoms. The number of pyridine rings is 1. The molecular formula is C19H19N3OS. The van der Waals surface area contributed by atoms with Gasteiger partial charge in [0.05, 0.1) is 27.1 Å². The third-order valence-electron chi connectivity index (χ3n) is 4.66. The smallest absolute Gasteiger partial charge is 0.228 e. The first-order chi connectivity index (χ1) is 11.8. The number of hydrogen-bond donors (Lipinski definition) is 1. The Morgan fingerprint density at radius 3 is 2.83 bits per heavy atom. The summed E-state index contributed by atoms with van der Waals surface area (Å²) in [6.07, 6.45) is 7.62. The minimum absolute atomic E-state index is 0.0143. The number of nitrogens with zero attached hydrogens (tertiary/aromatic N) is 2. The van der Waals surface area contributed by atoms with Crippen LogP contribution >= 0.6 is 11.3 Å². The van der Waals surface area contributed by atoms with E-state index in [1.165, 1.54) is 4.70 Å². The molecule has 1 aliphatic carbocycles. The molecule has 0 saturated heterocycles. The summed E-state index contributed by atoms with van der Waals surface area (Å²) in [4.78, 5) is 21.7. The van der Waals surface area contributed by atoms with E-state index in [9.17, 15) is 4.79 Å². The molecule has 2 heterocycles. The van der Waals surface area contributed by atoms with Gasteiger partial charge in [-0.1, -0.05) is 25.0 Å². The Labute approximate surface area is 145 Å². The van der Waals surface area contributed by atoms with Crippen LogP contribution in [0.2, 0.25) is 0 Å². The number of thiazole rings is 1. The van der Waals surface area contributed by atoms with Crippen LogP contribution in [0.25, 0.3) is 10.2 Å². The van der Waals surface area contributed by atoms with E-state index >= 15 is 0 Å². The van der Waals surface area contributed by atoms with Gasteiger partial charge >= 0.3 is 0 Å². The summed E-state index contributed by atoms with van der Waals surface area (Å²) < 4.78 is 1.20. The second-order valence-electron chi connectivity index (χ2n) is 6.25. The molecule has 0 bridgehead atoms. The van der Waals surface area contributed by atoms with Crippen LogP contribution in [0.4, 0.5) is 5.69 Å². The van der Waals surface area contributed by atoms with Gasteiger partial charge in [-0.25, -0.2) is 4.98 Å². The van der Waals surface area contributed by atoms with Gasteiger partial charge in [-0.3, -0.25) is 9.78 Å². The average Bonchev–Trinajstić information content (AvgIpc) is 3.06. The van der Waals surface area contributed by atoms with Gasteiger partial charge in [0.2, 0.25) is 5.91 Å². The molecule has 1 saturated carbocycles. The lowest BCUT2D eigenvalue weighted by atomic mass is 9.79. The molecule has 0 aliphatic heterocycles. The normalized spacial score (nSPS) is 20.8. The van der Waals surface area contributed by atoms with Crippen molar-refractivity contribution < 1.29 is 4.79 Å². The summed E-state index contributed by atoms with van der Waals surface area (Å²) in [7, 11) is 0. The molecular weight excluding hydrogens is 318 g/mol. The number of fused-ring (bicyclic) bond motifs is 1. The predicted octanol–water partition coefficient (Wildman–Crippen LogP) is 4.60. The number of carbonyl (C=O) groups excluding carboxylic acids is 1. The molecule has 2 atom stereocenters. The van der Waals surface area contributed by atoms with Crippen LogP contribution in [0.5, 0.6) is 0 Å². The monoisotopic (exact) mass is 337 g/mol. The highest BCUT2D eigenvalue weighted by atomic mass is 32.1. The van der Waals surface area contributed by atoms with Gasteiger partial charge in [-0.05, 0) is 37.1 Å². The molecule has 1 N–H and O–H groups in total. The number of anilines is 1. The highest BCUT2D eigenvalue weighted by Gasteiger charge is 2.34. The fraction of sp³-hybridized carbons (Fsp3) is 0.316. The summed E-state index contributed by atoms with van der Waals surface area (Å²) in [5.74, 6) is 0.291. The van der Waals surface area contributed by atoms with E-state index in [1.807, 2.05) is 30.3 Å². The Morgan fingerprint density at radius 2 is 2.00 bits per heavy atom. The molecule has 5 heteroatoms. The van der Waals surface area contributed by atoms with Crippen LogP contribution in [0.15, 0.2) is 48.8 Å². The maximum atomic E-state index is 12.8. The molecule has 0 unspecified atom stereocenters. The van der Waals surface area contributed by atoms with Crippen LogP contribution in [0.3, 0.4) is 0 Å². The zero-order valence-electron chi connectivity index (χ0n) is 13.3. The summed E-state index contributed by atoms with van der Waals surface area (Å²) in [5.41, 5.74) is 1.80. The summed E-state index contributed by atoms with van der Waals surface area (Å²) >= 11 is 1.73. The van der Waals surface area contributed by atoms with Crippen molar-refractivity contribution in [2.75, 3.05) is 5.32 Å². The zero-order valence-corrected chi connectivity index (χ0v) is 14.1. The molecule has 1 fully saturated rings. The van der Waals surface area contributed by atoms with Crippen molar-refractivity contribution in [3.8, 4) is 0 Å². The number of amides is 1. The van der Waals surface area contributed by atoms with E-state index in [-0.39, 0.29) is 17.7 Å². The van der Waals surface area contributed by atoms with Crippen molar-refractivity contribution in [3.05, 3.63) is 53.8 Å². The molecule has 1 aromatic carbocycles. The van der Waals surface area contributed by atoms with Crippen molar-refractivity contribution in [2.24, 2.45) is 5.92 Å². The molecule has 0 radical (unpaired) electrons. The zero-order chi connectivity index (χ0) is 16.4. The fourth-order valence-corrected chi connectivity index (χ4v) is 4.63. The molecule has 2 aromatic heterocycles. The molecule has 1 aliphatic rings. The van der Waals surface area contributed by atoms with E-state index in [0.29, 0.717) is 0 Å². The molecule has 1 amide bonds. The number of aromatic nitrogens is 2. The number of rotatable bonds is 3. The number of nitrogens with one attached hydrogen (secondary N) is 1. The van der Waals surface area contributed by atoms with E-state index in [1.54, 1.807) is 23.7 Å². The first-order valence-electron chi connectivity index (χ1n) is 8.37. The Morgan fingerprint density at radius 1 is 1.12 bits per heavy atom. The van der Waals surface area contributed by atoms with Gasteiger partial charge in [0.25, 0.3) is 0 Å². The Bertz CT molecular complexity index is 813. The van der Waals surface area contributed by atoms with Crippen molar-refractivity contribution in [1.82, 2.24) is 9.97 Å². The second kappa shape index (κ2) is 6.69. The first kappa shape index (κ1) is 15.3. The third kappa shape index (κ3) is 3.04. The maximum absolute atomic E-state index is 12.8. The van der Waals surface area contributed by atoms with Gasteiger partial charge in [-0.15, -0.1) is 11.3 Å². The van der Waals surface area contributed by atoms with Crippen molar-refractivity contribution >= 4 is 33.1 Å². The lowest BCUT2D eigenvalue weighted by molar-refractivity contribution is -0.121. The minimum atomic E-state index is -0.0143. The van der Waals surface area contributed by atoms with E-state index in [2.05, 4.69) is 16.4 Å². The minimum Gasteiger partial charge on any atom is -0.324 e. The molecule has 4 nitrogen and oxygen atoms in total. The summed E-state index contributed by atoms with van der Waals surface area (Å²) in [5, 5.41) is 4.12. The topological polar surface area (TPSA) is 54.9 Å². The van der Waals surface area contributed by atoms with Crippen molar-refractivity contribution in [3.63, 3.8) is 0 Å². The van der Waals surface area contributed by atoms with Gasteiger partial charge in [-0.2, -0.15) is 0 Å². The highest BCUT2D eigenvalue weighted by Crippen LogP contribution is 2.41. The number of carbonyl (C=O) groups is 1. The third-order valence-corrected chi connectivity index (χ3v) is 5.83. The quantitative estimate of drug-likeness (QED) is 0.759. The van der Waals surface area contributed by atoms with Gasteiger partial charge in [0.1, 0.15) is 0 Å². The molecule has 3 aromatic rings. The van der Waals surface area contributed by atoms with Gasteiger partial charge in [0.15, 0.2) is 0 Å². The number of hydrogen-bond acceptors (Lipinski definition) is 4. The summed E-state index contributed by atoms with van der Waals surface area (Å²) in [6.45, 7) is 0. The standard InChI is InChI=1S/C19H19N3OS/c23-18(21-13-6-5-11-20-12-13)14-7-1-2-8-15(14)19-22-16-9-3-4-10-17(16)24-19/h3-6,9-12,14-15H,1-2,7-8H2,(H,21,23)/t14-,15-/m0/s1. The second-order valence-corrected chi connectivity index (χ2v) is 7.31. The summed E-state index contributed by atoms with van der Waals surface area (Å²) in [6, 6.07) is 11.9. The lowest BCUT2D eigenvalue weighted by Gasteiger charge is -2.29. The Kier molecular flexibility index (Phi) is 4.26. The predicted molar refractivity (Wildman–Crippen MR) is 97.2 cm³/mol. The van der Waals surface area contributed by atoms with Crippen molar-refractivity contribution in [2.45, 2.75) is 31.6 Å². The van der Waals surface area contributed by atoms with Gasteiger partial charge in [0, 0.05) is 18.0 Å². The molecule has 122 valence electrons. The van der Waals surface area contributed by atoms with Crippen LogP contribution in [-0.2, 0) is 4.79 Å². The van der Waals surface area contributed by atoms with Crippen LogP contribution in [0, 0.1) is 5.92 Å². The number of para-hydroxylation sites is 1.